The van der Waals surface area contributed by atoms with Gasteiger partial charge in [0.15, 0.2) is 5.78 Å². The molecule has 1 aromatic rings. The standard InChI is InChI=1S/C16H22N2O2/c1-12-3-4-14(11-13(12)2)15(19)5-6-16(20)18-9-7-17-8-10-18/h3-4,11,17H,5-10H2,1-2H3. The molecule has 0 atom stereocenters. The minimum atomic E-state index is 0.0524. The highest BCUT2D eigenvalue weighted by atomic mass is 16.2. The molecule has 0 radical (unpaired) electrons. The van der Waals surface area contributed by atoms with Crippen LogP contribution in [-0.4, -0.2) is 42.8 Å². The third-order valence-corrected chi connectivity index (χ3v) is 3.86. The number of piperazine rings is 1. The van der Waals surface area contributed by atoms with E-state index in [9.17, 15) is 9.59 Å². The predicted molar refractivity (Wildman–Crippen MR) is 78.9 cm³/mol. The highest BCUT2D eigenvalue weighted by molar-refractivity contribution is 5.98. The fourth-order valence-electron chi connectivity index (χ4n) is 2.35. The van der Waals surface area contributed by atoms with Crippen LogP contribution in [0, 0.1) is 13.8 Å². The van der Waals surface area contributed by atoms with E-state index in [-0.39, 0.29) is 11.7 Å². The number of rotatable bonds is 4. The molecule has 1 N–H and O–H groups in total. The first-order chi connectivity index (χ1) is 9.58. The molecule has 0 spiro atoms. The van der Waals surface area contributed by atoms with Gasteiger partial charge in [-0.1, -0.05) is 12.1 Å². The normalized spacial score (nSPS) is 15.2. The molecule has 1 heterocycles. The molecule has 1 aliphatic heterocycles. The lowest BCUT2D eigenvalue weighted by molar-refractivity contribution is -0.131. The average Bonchev–Trinajstić information content (AvgIpc) is 2.48. The van der Waals surface area contributed by atoms with Crippen LogP contribution in [0.25, 0.3) is 0 Å². The number of benzene rings is 1. The second-order valence-electron chi connectivity index (χ2n) is 5.35. The fourth-order valence-corrected chi connectivity index (χ4v) is 2.35. The van der Waals surface area contributed by atoms with Crippen LogP contribution in [-0.2, 0) is 4.79 Å². The molecule has 0 aromatic heterocycles. The summed E-state index contributed by atoms with van der Waals surface area (Å²) in [5.74, 6) is 0.139. The van der Waals surface area contributed by atoms with E-state index in [0.29, 0.717) is 18.4 Å². The molecule has 4 heteroatoms. The molecule has 1 aliphatic rings. The van der Waals surface area contributed by atoms with E-state index >= 15 is 0 Å². The lowest BCUT2D eigenvalue weighted by Crippen LogP contribution is -2.46. The molecule has 1 aromatic carbocycles. The fraction of sp³-hybridized carbons (Fsp3) is 0.500. The van der Waals surface area contributed by atoms with Crippen molar-refractivity contribution in [3.63, 3.8) is 0 Å². The van der Waals surface area contributed by atoms with Gasteiger partial charge in [-0.05, 0) is 31.0 Å². The van der Waals surface area contributed by atoms with E-state index in [4.69, 9.17) is 0 Å². The van der Waals surface area contributed by atoms with Crippen molar-refractivity contribution in [1.29, 1.82) is 0 Å². The Morgan fingerprint density at radius 2 is 1.80 bits per heavy atom. The van der Waals surface area contributed by atoms with Crippen molar-refractivity contribution in [3.8, 4) is 0 Å². The Bertz CT molecular complexity index is 505. The maximum absolute atomic E-state index is 12.1. The maximum atomic E-state index is 12.1. The van der Waals surface area contributed by atoms with Crippen LogP contribution in [0.2, 0.25) is 0 Å². The summed E-state index contributed by atoms with van der Waals surface area (Å²) in [5, 5.41) is 3.21. The zero-order valence-corrected chi connectivity index (χ0v) is 12.2. The summed E-state index contributed by atoms with van der Waals surface area (Å²) in [6.07, 6.45) is 0.608. The van der Waals surface area contributed by atoms with Gasteiger partial charge >= 0.3 is 0 Å². The largest absolute Gasteiger partial charge is 0.340 e. The van der Waals surface area contributed by atoms with E-state index < -0.39 is 0 Å². The maximum Gasteiger partial charge on any atom is 0.223 e. The smallest absolute Gasteiger partial charge is 0.223 e. The third-order valence-electron chi connectivity index (χ3n) is 3.86. The molecule has 0 saturated carbocycles. The zero-order chi connectivity index (χ0) is 14.5. The van der Waals surface area contributed by atoms with Crippen molar-refractivity contribution in [2.45, 2.75) is 26.7 Å². The van der Waals surface area contributed by atoms with Gasteiger partial charge in [-0.15, -0.1) is 0 Å². The van der Waals surface area contributed by atoms with Crippen molar-refractivity contribution < 1.29 is 9.59 Å². The summed E-state index contributed by atoms with van der Waals surface area (Å²) < 4.78 is 0. The monoisotopic (exact) mass is 274 g/mol. The highest BCUT2D eigenvalue weighted by Crippen LogP contribution is 2.13. The van der Waals surface area contributed by atoms with E-state index in [1.165, 1.54) is 5.56 Å². The van der Waals surface area contributed by atoms with Crippen molar-refractivity contribution in [3.05, 3.63) is 34.9 Å². The summed E-state index contributed by atoms with van der Waals surface area (Å²) in [6, 6.07) is 5.72. The molecule has 0 bridgehead atoms. The van der Waals surface area contributed by atoms with Crippen molar-refractivity contribution >= 4 is 11.7 Å². The number of hydrogen-bond donors (Lipinski definition) is 1. The molecule has 2 rings (SSSR count). The Labute approximate surface area is 120 Å². The van der Waals surface area contributed by atoms with Gasteiger partial charge in [0.2, 0.25) is 5.91 Å². The van der Waals surface area contributed by atoms with Gasteiger partial charge in [0.1, 0.15) is 0 Å². The number of carbonyl (C=O) groups excluding carboxylic acids is 2. The van der Waals surface area contributed by atoms with Gasteiger partial charge in [-0.3, -0.25) is 9.59 Å². The minimum absolute atomic E-state index is 0.0524. The Morgan fingerprint density at radius 1 is 1.10 bits per heavy atom. The van der Waals surface area contributed by atoms with Crippen molar-refractivity contribution in [1.82, 2.24) is 10.2 Å². The van der Waals surface area contributed by atoms with Gasteiger partial charge in [0, 0.05) is 44.6 Å². The molecular weight excluding hydrogens is 252 g/mol. The number of ketones is 1. The van der Waals surface area contributed by atoms with Crippen LogP contribution in [0.5, 0.6) is 0 Å². The van der Waals surface area contributed by atoms with Crippen LogP contribution in [0.15, 0.2) is 18.2 Å². The third kappa shape index (κ3) is 3.67. The number of carbonyl (C=O) groups is 2. The van der Waals surface area contributed by atoms with E-state index in [0.717, 1.165) is 31.7 Å². The van der Waals surface area contributed by atoms with E-state index in [1.54, 1.807) is 0 Å². The zero-order valence-electron chi connectivity index (χ0n) is 12.2. The average molecular weight is 274 g/mol. The van der Waals surface area contributed by atoms with Crippen LogP contribution < -0.4 is 5.32 Å². The Kier molecular flexibility index (Phi) is 4.90. The summed E-state index contributed by atoms with van der Waals surface area (Å²) in [6.45, 7) is 7.20. The van der Waals surface area contributed by atoms with Gasteiger partial charge in [-0.2, -0.15) is 0 Å². The Balaban J connectivity index is 1.88. The molecule has 4 nitrogen and oxygen atoms in total. The topological polar surface area (TPSA) is 49.4 Å². The van der Waals surface area contributed by atoms with E-state index in [1.807, 2.05) is 36.9 Å². The highest BCUT2D eigenvalue weighted by Gasteiger charge is 2.17. The molecule has 1 fully saturated rings. The molecule has 0 unspecified atom stereocenters. The molecular formula is C16H22N2O2. The van der Waals surface area contributed by atoms with Crippen molar-refractivity contribution in [2.24, 2.45) is 0 Å². The second-order valence-corrected chi connectivity index (χ2v) is 5.35. The van der Waals surface area contributed by atoms with Crippen LogP contribution in [0.4, 0.5) is 0 Å². The molecule has 20 heavy (non-hydrogen) atoms. The van der Waals surface area contributed by atoms with Crippen LogP contribution in [0.3, 0.4) is 0 Å². The second kappa shape index (κ2) is 6.66. The number of Topliss-reactive ketones (excluding diaryl/α,β-unsaturated/α-hetero) is 1. The van der Waals surface area contributed by atoms with Gasteiger partial charge in [0.05, 0.1) is 0 Å². The van der Waals surface area contributed by atoms with Crippen LogP contribution >= 0.6 is 0 Å². The first kappa shape index (κ1) is 14.7. The number of nitrogens with zero attached hydrogens (tertiary/aromatic N) is 1. The molecule has 108 valence electrons. The summed E-state index contributed by atoms with van der Waals surface area (Å²) in [5.41, 5.74) is 3.00. The van der Waals surface area contributed by atoms with Gasteiger partial charge in [-0.25, -0.2) is 0 Å². The molecule has 1 amide bonds. The number of hydrogen-bond acceptors (Lipinski definition) is 3. The molecule has 0 aliphatic carbocycles. The van der Waals surface area contributed by atoms with Crippen molar-refractivity contribution in [2.75, 3.05) is 26.2 Å². The predicted octanol–water partition coefficient (Wildman–Crippen LogP) is 1.70. The summed E-state index contributed by atoms with van der Waals surface area (Å²) in [7, 11) is 0. The lowest BCUT2D eigenvalue weighted by atomic mass is 10.0. The summed E-state index contributed by atoms with van der Waals surface area (Å²) >= 11 is 0. The van der Waals surface area contributed by atoms with E-state index in [2.05, 4.69) is 5.32 Å². The van der Waals surface area contributed by atoms with Gasteiger partial charge in [0.25, 0.3) is 0 Å². The quantitative estimate of drug-likeness (QED) is 0.850. The number of aryl methyl sites for hydroxylation is 2. The SMILES string of the molecule is Cc1ccc(C(=O)CCC(=O)N2CCNCC2)cc1C. The Morgan fingerprint density at radius 3 is 2.45 bits per heavy atom. The Hall–Kier alpha value is -1.68. The molecule has 1 saturated heterocycles. The number of nitrogens with one attached hydrogen (secondary N) is 1. The summed E-state index contributed by atoms with van der Waals surface area (Å²) in [4.78, 5) is 26.0. The minimum Gasteiger partial charge on any atom is -0.340 e. The first-order valence-corrected chi connectivity index (χ1v) is 7.17. The lowest BCUT2D eigenvalue weighted by Gasteiger charge is -2.27. The van der Waals surface area contributed by atoms with Gasteiger partial charge < -0.3 is 10.2 Å². The number of amides is 1. The van der Waals surface area contributed by atoms with Crippen LogP contribution in [0.1, 0.15) is 34.3 Å². The first-order valence-electron chi connectivity index (χ1n) is 7.17.